The molecule has 1 aliphatic rings. The second kappa shape index (κ2) is 6.15. The summed E-state index contributed by atoms with van der Waals surface area (Å²) < 4.78 is 1.81. The molecule has 0 N–H and O–H groups in total. The lowest BCUT2D eigenvalue weighted by Gasteiger charge is -2.12. The molecule has 0 unspecified atom stereocenters. The Hall–Kier alpha value is -2.56. The van der Waals surface area contributed by atoms with E-state index in [0.29, 0.717) is 5.92 Å². The van der Waals surface area contributed by atoms with E-state index in [1.165, 1.54) is 0 Å². The zero-order chi connectivity index (χ0) is 16.5. The second-order valence-corrected chi connectivity index (χ2v) is 6.70. The molecule has 0 amide bonds. The van der Waals surface area contributed by atoms with E-state index in [0.717, 1.165) is 59.7 Å². The van der Waals surface area contributed by atoms with Gasteiger partial charge in [0.15, 0.2) is 5.65 Å². The van der Waals surface area contributed by atoms with Gasteiger partial charge in [-0.25, -0.2) is 19.5 Å². The molecular weight excluding hydrogens is 298 g/mol. The van der Waals surface area contributed by atoms with Gasteiger partial charge in [0.1, 0.15) is 5.82 Å². The molecule has 4 rings (SSSR count). The lowest BCUT2D eigenvalue weighted by Crippen LogP contribution is -2.07. The monoisotopic (exact) mass is 319 g/mol. The van der Waals surface area contributed by atoms with Crippen LogP contribution in [-0.2, 0) is 12.8 Å². The second-order valence-electron chi connectivity index (χ2n) is 6.70. The molecule has 3 heterocycles. The standard InChI is InChI=1S/C19H21N5/c1-13(2)11-18-21-12-15-14(5-3-4-6-16(15)22-18)17-7-8-19-20-9-10-24(19)23-17/h5,7-10,12-13H,3-4,6,11H2,1-2H3. The predicted molar refractivity (Wildman–Crippen MR) is 93.6 cm³/mol. The van der Waals surface area contributed by atoms with Crippen LogP contribution in [0, 0.1) is 5.92 Å². The quantitative estimate of drug-likeness (QED) is 0.741. The van der Waals surface area contributed by atoms with Crippen LogP contribution in [0.5, 0.6) is 0 Å². The third-order valence-electron chi connectivity index (χ3n) is 4.30. The molecule has 0 saturated heterocycles. The fraction of sp³-hybridized carbons (Fsp3) is 0.368. The van der Waals surface area contributed by atoms with Crippen LogP contribution in [0.1, 0.15) is 49.5 Å². The number of hydrogen-bond acceptors (Lipinski definition) is 4. The largest absolute Gasteiger partial charge is 0.241 e. The van der Waals surface area contributed by atoms with E-state index in [1.807, 2.05) is 29.0 Å². The normalized spacial score (nSPS) is 14.5. The lowest BCUT2D eigenvalue weighted by atomic mass is 10.0. The van der Waals surface area contributed by atoms with Crippen molar-refractivity contribution in [2.45, 2.75) is 39.5 Å². The van der Waals surface area contributed by atoms with Crippen LogP contribution in [0.3, 0.4) is 0 Å². The van der Waals surface area contributed by atoms with Crippen molar-refractivity contribution < 1.29 is 0 Å². The number of imidazole rings is 1. The molecule has 0 bridgehead atoms. The van der Waals surface area contributed by atoms with Crippen LogP contribution in [0.25, 0.3) is 11.2 Å². The van der Waals surface area contributed by atoms with Gasteiger partial charge in [0, 0.05) is 36.1 Å². The van der Waals surface area contributed by atoms with Crippen LogP contribution in [0.15, 0.2) is 36.8 Å². The topological polar surface area (TPSA) is 56.0 Å². The number of allylic oxidation sites excluding steroid dienone is 1. The summed E-state index contributed by atoms with van der Waals surface area (Å²) in [6.07, 6.45) is 12.0. The summed E-state index contributed by atoms with van der Waals surface area (Å²) in [7, 11) is 0. The van der Waals surface area contributed by atoms with Crippen LogP contribution in [-0.4, -0.2) is 24.6 Å². The Kier molecular flexibility index (Phi) is 3.84. The smallest absolute Gasteiger partial charge is 0.153 e. The average Bonchev–Trinajstić information content (AvgIpc) is 2.93. The predicted octanol–water partition coefficient (Wildman–Crippen LogP) is 3.49. The molecule has 5 nitrogen and oxygen atoms in total. The number of nitrogens with zero attached hydrogens (tertiary/aromatic N) is 5. The van der Waals surface area contributed by atoms with Crippen LogP contribution >= 0.6 is 0 Å². The molecule has 3 aromatic rings. The summed E-state index contributed by atoms with van der Waals surface area (Å²) in [6.45, 7) is 4.40. The van der Waals surface area contributed by atoms with Gasteiger partial charge in [-0.1, -0.05) is 19.9 Å². The molecule has 24 heavy (non-hydrogen) atoms. The van der Waals surface area contributed by atoms with Crippen molar-refractivity contribution in [2.24, 2.45) is 5.92 Å². The Bertz CT molecular complexity index is 907. The Morgan fingerprint density at radius 3 is 3.00 bits per heavy atom. The molecule has 3 aromatic heterocycles. The maximum absolute atomic E-state index is 4.84. The van der Waals surface area contributed by atoms with Gasteiger partial charge in [-0.3, -0.25) is 0 Å². The maximum atomic E-state index is 4.84. The molecule has 0 saturated carbocycles. The molecule has 122 valence electrons. The van der Waals surface area contributed by atoms with Crippen molar-refractivity contribution in [2.75, 3.05) is 0 Å². The highest BCUT2D eigenvalue weighted by Crippen LogP contribution is 2.29. The Morgan fingerprint density at radius 1 is 1.21 bits per heavy atom. The van der Waals surface area contributed by atoms with E-state index in [2.05, 4.69) is 29.9 Å². The lowest BCUT2D eigenvalue weighted by molar-refractivity contribution is 0.616. The van der Waals surface area contributed by atoms with Gasteiger partial charge in [-0.05, 0) is 37.3 Å². The average molecular weight is 319 g/mol. The van der Waals surface area contributed by atoms with Gasteiger partial charge in [-0.2, -0.15) is 5.10 Å². The molecule has 1 aliphatic carbocycles. The van der Waals surface area contributed by atoms with E-state index >= 15 is 0 Å². The molecule has 0 fully saturated rings. The van der Waals surface area contributed by atoms with Crippen molar-refractivity contribution >= 4 is 11.2 Å². The van der Waals surface area contributed by atoms with Crippen molar-refractivity contribution in [3.63, 3.8) is 0 Å². The highest BCUT2D eigenvalue weighted by Gasteiger charge is 2.17. The third kappa shape index (κ3) is 2.82. The molecule has 0 aliphatic heterocycles. The van der Waals surface area contributed by atoms with Gasteiger partial charge in [0.05, 0.1) is 11.4 Å². The van der Waals surface area contributed by atoms with E-state index in [-0.39, 0.29) is 0 Å². The Balaban J connectivity index is 1.78. The summed E-state index contributed by atoms with van der Waals surface area (Å²) in [6, 6.07) is 4.03. The minimum absolute atomic E-state index is 0.564. The maximum Gasteiger partial charge on any atom is 0.153 e. The van der Waals surface area contributed by atoms with Crippen molar-refractivity contribution in [1.82, 2.24) is 24.6 Å². The first-order valence-electron chi connectivity index (χ1n) is 8.57. The minimum atomic E-state index is 0.564. The van der Waals surface area contributed by atoms with E-state index in [1.54, 1.807) is 6.20 Å². The Labute approximate surface area is 141 Å². The van der Waals surface area contributed by atoms with Gasteiger partial charge in [-0.15, -0.1) is 0 Å². The summed E-state index contributed by atoms with van der Waals surface area (Å²) in [5, 5.41) is 4.70. The Morgan fingerprint density at radius 2 is 2.12 bits per heavy atom. The number of rotatable bonds is 3. The van der Waals surface area contributed by atoms with Crippen molar-refractivity contribution in [1.29, 1.82) is 0 Å². The number of aromatic nitrogens is 5. The van der Waals surface area contributed by atoms with Gasteiger partial charge in [0.2, 0.25) is 0 Å². The zero-order valence-corrected chi connectivity index (χ0v) is 14.1. The summed E-state index contributed by atoms with van der Waals surface area (Å²) >= 11 is 0. The van der Waals surface area contributed by atoms with Gasteiger partial charge >= 0.3 is 0 Å². The summed E-state index contributed by atoms with van der Waals surface area (Å²) in [4.78, 5) is 13.7. The SMILES string of the molecule is CC(C)Cc1ncc2c(n1)CCCC=C2c1ccc2nccn2n1. The van der Waals surface area contributed by atoms with Gasteiger partial charge < -0.3 is 0 Å². The number of aryl methyl sites for hydroxylation is 1. The first-order chi connectivity index (χ1) is 11.7. The van der Waals surface area contributed by atoms with Crippen molar-refractivity contribution in [3.8, 4) is 0 Å². The highest BCUT2D eigenvalue weighted by atomic mass is 15.2. The fourth-order valence-electron chi connectivity index (χ4n) is 3.16. The third-order valence-corrected chi connectivity index (χ3v) is 4.30. The van der Waals surface area contributed by atoms with E-state index in [4.69, 9.17) is 10.1 Å². The molecular formula is C19H21N5. The minimum Gasteiger partial charge on any atom is -0.241 e. The highest BCUT2D eigenvalue weighted by molar-refractivity contribution is 5.79. The van der Waals surface area contributed by atoms with E-state index in [9.17, 15) is 0 Å². The molecule has 0 spiro atoms. The summed E-state index contributed by atoms with van der Waals surface area (Å²) in [5.74, 6) is 1.51. The van der Waals surface area contributed by atoms with Gasteiger partial charge in [0.25, 0.3) is 0 Å². The molecule has 0 radical (unpaired) electrons. The first-order valence-corrected chi connectivity index (χ1v) is 8.57. The molecule has 5 heteroatoms. The van der Waals surface area contributed by atoms with Crippen molar-refractivity contribution in [3.05, 3.63) is 59.6 Å². The van der Waals surface area contributed by atoms with Crippen LogP contribution in [0.4, 0.5) is 0 Å². The fourth-order valence-corrected chi connectivity index (χ4v) is 3.16. The van der Waals surface area contributed by atoms with Crippen LogP contribution in [0.2, 0.25) is 0 Å². The summed E-state index contributed by atoms with van der Waals surface area (Å²) in [5.41, 5.74) is 5.21. The van der Waals surface area contributed by atoms with E-state index < -0.39 is 0 Å². The number of hydrogen-bond donors (Lipinski definition) is 0. The first kappa shape index (κ1) is 15.0. The molecule has 0 atom stereocenters. The zero-order valence-electron chi connectivity index (χ0n) is 14.1. The number of fused-ring (bicyclic) bond motifs is 2. The van der Waals surface area contributed by atoms with Crippen LogP contribution < -0.4 is 0 Å². The molecule has 0 aromatic carbocycles.